The van der Waals surface area contributed by atoms with Crippen molar-refractivity contribution >= 4 is 34.7 Å². The van der Waals surface area contributed by atoms with Gasteiger partial charge in [-0.3, -0.25) is 9.59 Å². The standard InChI is InChI=1S/C23H27FN8O3/c1-23(2)12-30(22-26-8-13(24)9-27-22)5-4-18(23)29-19-15(20(25)34)10-28-32-11-14(7-16(19)32)31-6-3-17(33)21(31)35/h7-11,17-18,29,33H,3-6,12H2,1-2H3,(H2,25,34)/t17-,18-/m1/s1. The zero-order valence-electron chi connectivity index (χ0n) is 19.5. The predicted molar refractivity (Wildman–Crippen MR) is 127 cm³/mol. The number of piperidine rings is 1. The maximum Gasteiger partial charge on any atom is 0.255 e. The first-order chi connectivity index (χ1) is 16.6. The largest absolute Gasteiger partial charge is 0.383 e. The summed E-state index contributed by atoms with van der Waals surface area (Å²) in [4.78, 5) is 36.3. The molecular weight excluding hydrogens is 455 g/mol. The van der Waals surface area contributed by atoms with Crippen molar-refractivity contribution in [2.75, 3.05) is 34.8 Å². The van der Waals surface area contributed by atoms with Crippen LogP contribution in [-0.4, -0.2) is 68.3 Å². The summed E-state index contributed by atoms with van der Waals surface area (Å²) in [5.41, 5.74) is 7.37. The number of nitrogens with two attached hydrogens (primary N) is 1. The summed E-state index contributed by atoms with van der Waals surface area (Å²) in [6.45, 7) is 5.83. The number of rotatable bonds is 5. The molecule has 35 heavy (non-hydrogen) atoms. The number of hydrogen-bond acceptors (Lipinski definition) is 8. The van der Waals surface area contributed by atoms with Crippen molar-refractivity contribution in [1.82, 2.24) is 19.6 Å². The van der Waals surface area contributed by atoms with Gasteiger partial charge in [-0.05, 0) is 12.5 Å². The highest BCUT2D eigenvalue weighted by Gasteiger charge is 2.38. The second kappa shape index (κ2) is 8.45. The van der Waals surface area contributed by atoms with Crippen molar-refractivity contribution in [3.8, 4) is 0 Å². The third-order valence-corrected chi connectivity index (χ3v) is 6.81. The number of anilines is 3. The zero-order chi connectivity index (χ0) is 24.9. The minimum atomic E-state index is -1.01. The van der Waals surface area contributed by atoms with Gasteiger partial charge in [0, 0.05) is 37.5 Å². The third-order valence-electron chi connectivity index (χ3n) is 6.81. The Labute approximate surface area is 200 Å². The SMILES string of the molecule is CC1(C)CN(c2ncc(F)cn2)CC[C@H]1Nc1c(C(N)=O)cnn2cc(N3CC[C@@H](O)C3=O)cc12. The number of hydrogen-bond donors (Lipinski definition) is 3. The van der Waals surface area contributed by atoms with Crippen LogP contribution in [0.1, 0.15) is 37.0 Å². The van der Waals surface area contributed by atoms with Crippen LogP contribution in [0.5, 0.6) is 0 Å². The molecule has 0 aromatic carbocycles. The van der Waals surface area contributed by atoms with Gasteiger partial charge in [0.2, 0.25) is 5.95 Å². The Morgan fingerprint density at radius 1 is 1.23 bits per heavy atom. The number of aliphatic hydroxyl groups excluding tert-OH is 1. The van der Waals surface area contributed by atoms with Crippen LogP contribution in [0.2, 0.25) is 0 Å². The van der Waals surface area contributed by atoms with Crippen molar-refractivity contribution in [1.29, 1.82) is 0 Å². The first-order valence-electron chi connectivity index (χ1n) is 11.4. The number of aromatic nitrogens is 4. The molecule has 2 aliphatic heterocycles. The van der Waals surface area contributed by atoms with Crippen molar-refractivity contribution in [2.24, 2.45) is 11.1 Å². The Hall–Kier alpha value is -3.80. The summed E-state index contributed by atoms with van der Waals surface area (Å²) in [6.07, 6.45) is 5.46. The van der Waals surface area contributed by atoms with Crippen LogP contribution in [0, 0.1) is 11.2 Å². The van der Waals surface area contributed by atoms with Crippen LogP contribution in [0.25, 0.3) is 5.52 Å². The normalized spacial score (nSPS) is 22.1. The molecule has 184 valence electrons. The lowest BCUT2D eigenvalue weighted by molar-refractivity contribution is -0.123. The molecule has 12 heteroatoms. The topological polar surface area (TPSA) is 142 Å². The molecule has 0 bridgehead atoms. The maximum absolute atomic E-state index is 13.2. The molecule has 3 aromatic rings. The first kappa shape index (κ1) is 23.0. The monoisotopic (exact) mass is 482 g/mol. The van der Waals surface area contributed by atoms with E-state index in [-0.39, 0.29) is 22.9 Å². The number of nitrogens with one attached hydrogen (secondary N) is 1. The fraction of sp³-hybridized carbons (Fsp3) is 0.435. The summed E-state index contributed by atoms with van der Waals surface area (Å²) in [5, 5.41) is 17.7. The summed E-state index contributed by atoms with van der Waals surface area (Å²) < 4.78 is 14.8. The molecule has 0 unspecified atom stereocenters. The smallest absolute Gasteiger partial charge is 0.255 e. The molecule has 2 saturated heterocycles. The number of nitrogens with zero attached hydrogens (tertiary/aromatic N) is 6. The van der Waals surface area contributed by atoms with Gasteiger partial charge in [0.05, 0.1) is 47.2 Å². The van der Waals surface area contributed by atoms with Crippen LogP contribution in [-0.2, 0) is 4.79 Å². The summed E-state index contributed by atoms with van der Waals surface area (Å²) in [7, 11) is 0. The van der Waals surface area contributed by atoms with E-state index in [1.54, 1.807) is 16.8 Å². The van der Waals surface area contributed by atoms with Crippen LogP contribution < -0.4 is 20.9 Å². The fourth-order valence-corrected chi connectivity index (χ4v) is 4.89. The van der Waals surface area contributed by atoms with Crippen LogP contribution in [0.15, 0.2) is 30.9 Å². The Balaban J connectivity index is 1.45. The highest BCUT2D eigenvalue weighted by Crippen LogP contribution is 2.36. The minimum Gasteiger partial charge on any atom is -0.383 e. The van der Waals surface area contributed by atoms with Gasteiger partial charge in [-0.25, -0.2) is 18.9 Å². The number of fused-ring (bicyclic) bond motifs is 1. The molecule has 0 aliphatic carbocycles. The fourth-order valence-electron chi connectivity index (χ4n) is 4.89. The molecule has 2 amide bonds. The van der Waals surface area contributed by atoms with Crippen molar-refractivity contribution < 1.29 is 19.1 Å². The summed E-state index contributed by atoms with van der Waals surface area (Å²) in [6, 6.07) is 1.73. The second-order valence-corrected chi connectivity index (χ2v) is 9.72. The van der Waals surface area contributed by atoms with E-state index in [4.69, 9.17) is 5.73 Å². The molecule has 0 spiro atoms. The van der Waals surface area contributed by atoms with Gasteiger partial charge in [-0.15, -0.1) is 0 Å². The quantitative estimate of drug-likeness (QED) is 0.492. The van der Waals surface area contributed by atoms with Gasteiger partial charge >= 0.3 is 0 Å². The summed E-state index contributed by atoms with van der Waals surface area (Å²) in [5.74, 6) is -0.993. The lowest BCUT2D eigenvalue weighted by Gasteiger charge is -2.45. The lowest BCUT2D eigenvalue weighted by atomic mass is 9.79. The van der Waals surface area contributed by atoms with E-state index in [0.29, 0.717) is 55.3 Å². The number of amides is 2. The van der Waals surface area contributed by atoms with E-state index in [0.717, 1.165) is 12.4 Å². The van der Waals surface area contributed by atoms with E-state index < -0.39 is 17.8 Å². The van der Waals surface area contributed by atoms with Gasteiger partial charge in [0.25, 0.3) is 11.8 Å². The molecule has 0 saturated carbocycles. The maximum atomic E-state index is 13.2. The number of primary amides is 1. The Bertz CT molecular complexity index is 1290. The highest BCUT2D eigenvalue weighted by molar-refractivity contribution is 6.03. The molecule has 2 fully saturated rings. The molecule has 5 rings (SSSR count). The third kappa shape index (κ3) is 4.14. The van der Waals surface area contributed by atoms with E-state index in [1.165, 1.54) is 11.1 Å². The molecule has 0 radical (unpaired) electrons. The van der Waals surface area contributed by atoms with Gasteiger partial charge in [-0.2, -0.15) is 5.10 Å². The molecule has 2 atom stereocenters. The van der Waals surface area contributed by atoms with Gasteiger partial charge < -0.3 is 26.0 Å². The average molecular weight is 483 g/mol. The van der Waals surface area contributed by atoms with E-state index >= 15 is 0 Å². The molecule has 3 aromatic heterocycles. The van der Waals surface area contributed by atoms with E-state index in [9.17, 15) is 19.1 Å². The highest BCUT2D eigenvalue weighted by atomic mass is 19.1. The Kier molecular flexibility index (Phi) is 5.55. The molecule has 5 heterocycles. The molecule has 11 nitrogen and oxygen atoms in total. The van der Waals surface area contributed by atoms with Crippen molar-refractivity contribution in [3.63, 3.8) is 0 Å². The van der Waals surface area contributed by atoms with Gasteiger partial charge in [0.1, 0.15) is 6.10 Å². The second-order valence-electron chi connectivity index (χ2n) is 9.72. The molecular formula is C23H27FN8O3. The van der Waals surface area contributed by atoms with E-state index in [2.05, 4.69) is 34.2 Å². The number of carbonyl (C=O) groups is 2. The number of aliphatic hydroxyl groups is 1. The Morgan fingerprint density at radius 2 is 1.97 bits per heavy atom. The minimum absolute atomic E-state index is 0.0444. The van der Waals surface area contributed by atoms with Crippen LogP contribution in [0.3, 0.4) is 0 Å². The molecule has 4 N–H and O–H groups in total. The average Bonchev–Trinajstić information content (AvgIpc) is 3.38. The first-order valence-corrected chi connectivity index (χ1v) is 11.4. The van der Waals surface area contributed by atoms with Crippen molar-refractivity contribution in [2.45, 2.75) is 38.8 Å². The van der Waals surface area contributed by atoms with Gasteiger partial charge in [-0.1, -0.05) is 13.8 Å². The summed E-state index contributed by atoms with van der Waals surface area (Å²) >= 11 is 0. The van der Waals surface area contributed by atoms with Gasteiger partial charge in [0.15, 0.2) is 5.82 Å². The van der Waals surface area contributed by atoms with Crippen LogP contribution >= 0.6 is 0 Å². The number of halogens is 1. The van der Waals surface area contributed by atoms with E-state index in [1.807, 2.05) is 4.90 Å². The lowest BCUT2D eigenvalue weighted by Crippen LogP contribution is -2.52. The number of carbonyl (C=O) groups excluding carboxylic acids is 2. The Morgan fingerprint density at radius 3 is 2.60 bits per heavy atom. The van der Waals surface area contributed by atoms with Crippen molar-refractivity contribution in [3.05, 3.63) is 42.2 Å². The molecule has 2 aliphatic rings. The predicted octanol–water partition coefficient (Wildman–Crippen LogP) is 1.18. The van der Waals surface area contributed by atoms with Crippen LogP contribution in [0.4, 0.5) is 21.7 Å². The zero-order valence-corrected chi connectivity index (χ0v) is 19.5.